The van der Waals surface area contributed by atoms with E-state index in [4.69, 9.17) is 4.74 Å². The van der Waals surface area contributed by atoms with E-state index in [0.29, 0.717) is 25.7 Å². The second-order valence-corrected chi connectivity index (χ2v) is 10.6. The average Bonchev–Trinajstić information content (AvgIpc) is 2.81. The van der Waals surface area contributed by atoms with Gasteiger partial charge in [-0.2, -0.15) is 0 Å². The summed E-state index contributed by atoms with van der Waals surface area (Å²) < 4.78 is 5.99. The van der Waals surface area contributed by atoms with Crippen molar-refractivity contribution in [3.63, 3.8) is 0 Å². The summed E-state index contributed by atoms with van der Waals surface area (Å²) >= 11 is 0. The molecule has 7 nitrogen and oxygen atoms in total. The lowest BCUT2D eigenvalue weighted by Crippen LogP contribution is -2.82. The molecule has 11 atom stereocenters. The van der Waals surface area contributed by atoms with E-state index in [0.717, 1.165) is 0 Å². The minimum Gasteiger partial charge on any atom is -0.393 e. The maximum atomic E-state index is 11.7. The Hall–Kier alpha value is -0.280. The Morgan fingerprint density at radius 3 is 2.41 bits per heavy atom. The number of hydrogen-bond acceptors (Lipinski definition) is 7. The fourth-order valence-corrected chi connectivity index (χ4v) is 8.57. The second-order valence-electron chi connectivity index (χ2n) is 10.6. The van der Waals surface area contributed by atoms with Crippen LogP contribution in [0.5, 0.6) is 0 Å². The molecule has 0 aromatic heterocycles. The molecule has 5 unspecified atom stereocenters. The second kappa shape index (κ2) is 5.06. The van der Waals surface area contributed by atoms with Gasteiger partial charge in [-0.3, -0.25) is 0 Å². The van der Waals surface area contributed by atoms with Crippen LogP contribution < -0.4 is 0 Å². The van der Waals surface area contributed by atoms with E-state index < -0.39 is 47.1 Å². The standard InChI is InChI=1S/C20H32O7/c1-16-6-5-12(22)17(2)11-4-3-10-7-18(11,15(24)19(10,25)8-21)20(26,27-9-16)14(23)13(16)17/h10-15,21-26H,3-9H2,1-2H3/t10-,11-,12?,13+,14?,15?,16?,17-,18+,19+,20?/m1/s1. The van der Waals surface area contributed by atoms with Crippen LogP contribution in [0.15, 0.2) is 0 Å². The molecule has 5 aliphatic rings. The van der Waals surface area contributed by atoms with E-state index in [1.165, 1.54) is 0 Å². The quantitative estimate of drug-likeness (QED) is 0.355. The molecule has 6 N–H and O–H groups in total. The molecule has 154 valence electrons. The molecule has 4 bridgehead atoms. The molecule has 1 heterocycles. The number of fused-ring (bicyclic) bond motifs is 3. The molecule has 4 saturated carbocycles. The Balaban J connectivity index is 1.76. The van der Waals surface area contributed by atoms with Crippen molar-refractivity contribution in [3.05, 3.63) is 0 Å². The zero-order valence-corrected chi connectivity index (χ0v) is 16.0. The third-order valence-electron chi connectivity index (χ3n) is 9.82. The molecule has 0 amide bonds. The van der Waals surface area contributed by atoms with Gasteiger partial charge < -0.3 is 35.4 Å². The molecule has 0 radical (unpaired) electrons. The van der Waals surface area contributed by atoms with E-state index in [-0.39, 0.29) is 36.2 Å². The van der Waals surface area contributed by atoms with Gasteiger partial charge in [0.05, 0.1) is 30.8 Å². The zero-order valence-electron chi connectivity index (χ0n) is 16.0. The minimum atomic E-state index is -2.00. The highest BCUT2D eigenvalue weighted by Crippen LogP contribution is 2.76. The summed E-state index contributed by atoms with van der Waals surface area (Å²) in [6, 6.07) is 0. The van der Waals surface area contributed by atoms with E-state index in [2.05, 4.69) is 0 Å². The van der Waals surface area contributed by atoms with Crippen LogP contribution in [-0.2, 0) is 4.74 Å². The number of rotatable bonds is 1. The van der Waals surface area contributed by atoms with Gasteiger partial charge in [0.25, 0.3) is 0 Å². The van der Waals surface area contributed by atoms with E-state index in [9.17, 15) is 30.6 Å². The highest BCUT2D eigenvalue weighted by Gasteiger charge is 2.84. The van der Waals surface area contributed by atoms with Crippen LogP contribution in [-0.4, -0.2) is 73.6 Å². The Morgan fingerprint density at radius 2 is 1.74 bits per heavy atom. The first-order valence-electron chi connectivity index (χ1n) is 10.3. The summed E-state index contributed by atoms with van der Waals surface area (Å²) in [6.45, 7) is 3.64. The molecule has 5 fully saturated rings. The van der Waals surface area contributed by atoms with Gasteiger partial charge in [0.1, 0.15) is 11.7 Å². The summed E-state index contributed by atoms with van der Waals surface area (Å²) in [5, 5.41) is 66.5. The fraction of sp³-hybridized carbons (Fsp3) is 1.00. The average molecular weight is 384 g/mol. The Morgan fingerprint density at radius 1 is 1.04 bits per heavy atom. The van der Waals surface area contributed by atoms with Gasteiger partial charge in [0.2, 0.25) is 5.79 Å². The fourth-order valence-electron chi connectivity index (χ4n) is 8.57. The SMILES string of the molecule is CC12CCC(O)[C@@]3(C)[C@H]4CC[C@@H]5C[C@]4(C(O)[C@]5(O)CO)C(O)(OC1)C(O)[C@@H]23. The van der Waals surface area contributed by atoms with Crippen LogP contribution in [0, 0.1) is 34.0 Å². The van der Waals surface area contributed by atoms with Crippen LogP contribution in [0.25, 0.3) is 0 Å². The van der Waals surface area contributed by atoms with E-state index in [1.54, 1.807) is 0 Å². The number of aliphatic hydroxyl groups is 6. The van der Waals surface area contributed by atoms with Crippen molar-refractivity contribution in [3.8, 4) is 0 Å². The molecular weight excluding hydrogens is 352 g/mol. The molecule has 0 aromatic rings. The van der Waals surface area contributed by atoms with Crippen LogP contribution in [0.2, 0.25) is 0 Å². The summed E-state index contributed by atoms with van der Waals surface area (Å²) in [4.78, 5) is 0. The first-order chi connectivity index (χ1) is 12.5. The normalized spacial score (nSPS) is 67.1. The molecule has 5 rings (SSSR count). The highest BCUT2D eigenvalue weighted by atomic mass is 16.6. The Labute approximate surface area is 159 Å². The van der Waals surface area contributed by atoms with Gasteiger partial charge >= 0.3 is 0 Å². The van der Waals surface area contributed by atoms with Crippen molar-refractivity contribution in [1.29, 1.82) is 0 Å². The van der Waals surface area contributed by atoms with Crippen molar-refractivity contribution in [2.75, 3.05) is 13.2 Å². The van der Waals surface area contributed by atoms with Crippen molar-refractivity contribution in [1.82, 2.24) is 0 Å². The minimum absolute atomic E-state index is 0.233. The lowest BCUT2D eigenvalue weighted by molar-refractivity contribution is -0.448. The maximum Gasteiger partial charge on any atom is 0.201 e. The van der Waals surface area contributed by atoms with Crippen LogP contribution in [0.3, 0.4) is 0 Å². The van der Waals surface area contributed by atoms with Gasteiger partial charge in [0.15, 0.2) is 0 Å². The third-order valence-corrected chi connectivity index (χ3v) is 9.82. The lowest BCUT2D eigenvalue weighted by atomic mass is 9.36. The van der Waals surface area contributed by atoms with Gasteiger partial charge in [-0.15, -0.1) is 0 Å². The Bertz CT molecular complexity index is 673. The number of aliphatic hydroxyl groups excluding tert-OH is 4. The smallest absolute Gasteiger partial charge is 0.201 e. The van der Waals surface area contributed by atoms with Crippen molar-refractivity contribution < 1.29 is 35.4 Å². The van der Waals surface area contributed by atoms with Crippen LogP contribution in [0.4, 0.5) is 0 Å². The van der Waals surface area contributed by atoms with E-state index in [1.807, 2.05) is 13.8 Å². The van der Waals surface area contributed by atoms with Gasteiger partial charge in [0, 0.05) is 11.3 Å². The number of hydrogen-bond donors (Lipinski definition) is 6. The van der Waals surface area contributed by atoms with Gasteiger partial charge in [-0.05, 0) is 49.4 Å². The van der Waals surface area contributed by atoms with Crippen molar-refractivity contribution >= 4 is 0 Å². The highest BCUT2D eigenvalue weighted by molar-refractivity contribution is 5.29. The first kappa shape index (κ1) is 18.7. The number of ether oxygens (including phenoxy) is 1. The van der Waals surface area contributed by atoms with Gasteiger partial charge in [-0.25, -0.2) is 0 Å². The molecule has 1 spiro atoms. The maximum absolute atomic E-state index is 11.7. The van der Waals surface area contributed by atoms with Crippen LogP contribution >= 0.6 is 0 Å². The first-order valence-corrected chi connectivity index (χ1v) is 10.3. The largest absolute Gasteiger partial charge is 0.393 e. The monoisotopic (exact) mass is 384 g/mol. The third kappa shape index (κ3) is 1.68. The van der Waals surface area contributed by atoms with Crippen molar-refractivity contribution in [2.24, 2.45) is 34.0 Å². The zero-order chi connectivity index (χ0) is 19.6. The van der Waals surface area contributed by atoms with E-state index >= 15 is 0 Å². The molecule has 1 saturated heterocycles. The topological polar surface area (TPSA) is 131 Å². The lowest BCUT2D eigenvalue weighted by Gasteiger charge is -2.73. The summed E-state index contributed by atoms with van der Waals surface area (Å²) in [7, 11) is 0. The van der Waals surface area contributed by atoms with Gasteiger partial charge in [-0.1, -0.05) is 13.8 Å². The van der Waals surface area contributed by atoms with Crippen LogP contribution in [0.1, 0.15) is 46.0 Å². The molecule has 27 heavy (non-hydrogen) atoms. The molecule has 0 aromatic carbocycles. The predicted octanol–water partition coefficient (Wildman–Crippen LogP) is -0.636. The molecule has 7 heteroatoms. The predicted molar refractivity (Wildman–Crippen MR) is 93.2 cm³/mol. The molecule has 4 aliphatic carbocycles. The summed E-state index contributed by atoms with van der Waals surface area (Å²) in [6.07, 6.45) is -0.649. The van der Waals surface area contributed by atoms with Crippen molar-refractivity contribution in [2.45, 2.75) is 75.7 Å². The summed E-state index contributed by atoms with van der Waals surface area (Å²) in [5.74, 6) is -3.08. The Kier molecular flexibility index (Phi) is 3.51. The molecular formula is C20H32O7. The molecule has 1 aliphatic heterocycles. The summed E-state index contributed by atoms with van der Waals surface area (Å²) in [5.41, 5.74) is -4.14.